The molecule has 1 aromatic carbocycles. The zero-order chi connectivity index (χ0) is 35.3. The van der Waals surface area contributed by atoms with Crippen molar-refractivity contribution in [2.75, 3.05) is 6.54 Å². The second-order valence-electron chi connectivity index (χ2n) is 14.3. The van der Waals surface area contributed by atoms with Gasteiger partial charge in [-0.05, 0) is 63.1 Å². The lowest BCUT2D eigenvalue weighted by Gasteiger charge is -2.44. The monoisotopic (exact) mass is 677 g/mol. The Morgan fingerprint density at radius 2 is 1.85 bits per heavy atom. The number of carbonyl (C=O) groups is 4. The van der Waals surface area contributed by atoms with Crippen LogP contribution in [0.2, 0.25) is 18.6 Å². The van der Waals surface area contributed by atoms with E-state index in [-0.39, 0.29) is 37.0 Å². The highest BCUT2D eigenvalue weighted by molar-refractivity contribution is 6.79. The fourth-order valence-corrected chi connectivity index (χ4v) is 8.11. The van der Waals surface area contributed by atoms with Crippen molar-refractivity contribution in [3.8, 4) is 17.1 Å². The van der Waals surface area contributed by atoms with Crippen LogP contribution in [-0.4, -0.2) is 53.8 Å². The molecule has 0 radical (unpaired) electrons. The summed E-state index contributed by atoms with van der Waals surface area (Å²) in [6, 6.07) is 8.77. The van der Waals surface area contributed by atoms with Gasteiger partial charge in [0, 0.05) is 30.0 Å². The molecule has 0 fully saturated rings. The maximum atomic E-state index is 14.6. The van der Waals surface area contributed by atoms with Crippen LogP contribution in [0, 0.1) is 0 Å². The Hall–Kier alpha value is -4.52. The van der Waals surface area contributed by atoms with Crippen molar-refractivity contribution in [3.63, 3.8) is 0 Å². The molecule has 1 N–H and O–H groups in total. The standard InChI is InChI=1S/C35H43N3O9Si/c1-10-35(46-27(40)13-14-36-33(43)47-34(5,6)7)24-17-26-29-22(15-21-16-23(44-20(4)39)11-12-25(21)37-29)18-38(26)30(41)28(24)31(45-32(35)42)48(8,9)19(2)3/h11-12,15-17,19,31H,10,13-14,18H2,1-9H3,(H,36,43). The fraction of sp³-hybridized carbons (Fsp3) is 0.486. The molecule has 3 aromatic rings. The van der Waals surface area contributed by atoms with Crippen molar-refractivity contribution in [3.05, 3.63) is 57.4 Å². The molecule has 1 amide bonds. The number of rotatable bonds is 8. The van der Waals surface area contributed by atoms with Crippen LogP contribution in [0.15, 0.2) is 35.1 Å². The van der Waals surface area contributed by atoms with E-state index in [1.165, 1.54) is 6.92 Å². The lowest BCUT2D eigenvalue weighted by molar-refractivity contribution is -0.190. The molecule has 0 aliphatic carbocycles. The number of esters is 3. The average Bonchev–Trinajstić information content (AvgIpc) is 3.33. The molecule has 2 aliphatic rings. The van der Waals surface area contributed by atoms with E-state index in [2.05, 4.69) is 32.3 Å². The van der Waals surface area contributed by atoms with Gasteiger partial charge in [-0.2, -0.15) is 0 Å². The number of aromatic nitrogens is 2. The van der Waals surface area contributed by atoms with E-state index in [0.717, 1.165) is 10.9 Å². The minimum absolute atomic E-state index is 0.0142. The minimum Gasteiger partial charge on any atom is -0.458 e. The third-order valence-corrected chi connectivity index (χ3v) is 14.0. The maximum absolute atomic E-state index is 14.6. The number of amides is 1. The highest BCUT2D eigenvalue weighted by Crippen LogP contribution is 2.48. The Bertz CT molecular complexity index is 1890. The normalized spacial score (nSPS) is 18.5. The topological polar surface area (TPSA) is 152 Å². The molecule has 0 spiro atoms. The predicted octanol–water partition coefficient (Wildman–Crippen LogP) is 5.67. The zero-order valence-electron chi connectivity index (χ0n) is 28.9. The van der Waals surface area contributed by atoms with Gasteiger partial charge < -0.3 is 28.8 Å². The number of nitrogens with one attached hydrogen (secondary N) is 1. The largest absolute Gasteiger partial charge is 0.458 e. The number of carbonyl (C=O) groups excluding carboxylic acids is 4. The first-order chi connectivity index (χ1) is 22.4. The molecule has 2 atom stereocenters. The molecule has 48 heavy (non-hydrogen) atoms. The van der Waals surface area contributed by atoms with Crippen molar-refractivity contribution in [1.29, 1.82) is 0 Å². The molecule has 2 aromatic heterocycles. The lowest BCUT2D eigenvalue weighted by atomic mass is 9.85. The summed E-state index contributed by atoms with van der Waals surface area (Å²) in [5.74, 6) is -1.53. The second-order valence-corrected chi connectivity index (χ2v) is 19.6. The van der Waals surface area contributed by atoms with Gasteiger partial charge in [0.15, 0.2) is 0 Å². The zero-order valence-corrected chi connectivity index (χ0v) is 29.9. The average molecular weight is 678 g/mol. The Kier molecular flexibility index (Phi) is 9.06. The summed E-state index contributed by atoms with van der Waals surface area (Å²) in [6.45, 7) is 16.6. The number of pyridine rings is 2. The molecule has 0 saturated heterocycles. The van der Waals surface area contributed by atoms with Crippen molar-refractivity contribution in [1.82, 2.24) is 14.9 Å². The quantitative estimate of drug-likeness (QED) is 0.107. The number of benzene rings is 1. The van der Waals surface area contributed by atoms with E-state index in [9.17, 15) is 24.0 Å². The number of fused-ring (bicyclic) bond motifs is 5. The van der Waals surface area contributed by atoms with Crippen LogP contribution < -0.4 is 15.6 Å². The summed E-state index contributed by atoms with van der Waals surface area (Å²) >= 11 is 0. The van der Waals surface area contributed by atoms with Crippen LogP contribution >= 0.6 is 0 Å². The van der Waals surface area contributed by atoms with E-state index in [1.54, 1.807) is 56.5 Å². The van der Waals surface area contributed by atoms with Crippen LogP contribution in [0.1, 0.15) is 83.7 Å². The van der Waals surface area contributed by atoms with Crippen LogP contribution in [0.5, 0.6) is 5.75 Å². The van der Waals surface area contributed by atoms with Gasteiger partial charge in [-0.25, -0.2) is 14.6 Å². The summed E-state index contributed by atoms with van der Waals surface area (Å²) in [4.78, 5) is 70.5. The van der Waals surface area contributed by atoms with Crippen molar-refractivity contribution >= 4 is 43.0 Å². The lowest BCUT2D eigenvalue weighted by Crippen LogP contribution is -2.54. The summed E-state index contributed by atoms with van der Waals surface area (Å²) < 4.78 is 24.3. The minimum atomic E-state index is -2.46. The highest BCUT2D eigenvalue weighted by Gasteiger charge is 2.56. The number of hydrogen-bond donors (Lipinski definition) is 1. The number of cyclic esters (lactones) is 1. The van der Waals surface area contributed by atoms with E-state index in [0.29, 0.717) is 33.8 Å². The van der Waals surface area contributed by atoms with Gasteiger partial charge in [0.1, 0.15) is 25.2 Å². The molecule has 4 heterocycles. The molecule has 12 nitrogen and oxygen atoms in total. The Balaban J connectivity index is 1.60. The molecule has 5 rings (SSSR count). The molecule has 256 valence electrons. The summed E-state index contributed by atoms with van der Waals surface area (Å²) in [5, 5.41) is 3.27. The molecular formula is C35H43N3O9Si. The van der Waals surface area contributed by atoms with Crippen LogP contribution in [0.3, 0.4) is 0 Å². The first-order valence-electron chi connectivity index (χ1n) is 16.2. The SMILES string of the molecule is CCC1(OC(=O)CCNC(=O)OC(C)(C)C)C(=O)OC([Si](C)(C)C(C)C)c2c1cc1n(c2=O)Cc2cc3cc(OC(C)=O)ccc3nc2-1. The van der Waals surface area contributed by atoms with E-state index >= 15 is 0 Å². The van der Waals surface area contributed by atoms with Crippen molar-refractivity contribution in [2.45, 2.75) is 103 Å². The van der Waals surface area contributed by atoms with Gasteiger partial charge in [-0.1, -0.05) is 33.9 Å². The van der Waals surface area contributed by atoms with Gasteiger partial charge in [-0.15, -0.1) is 0 Å². The third kappa shape index (κ3) is 6.35. The van der Waals surface area contributed by atoms with Crippen LogP contribution in [0.4, 0.5) is 4.79 Å². The van der Waals surface area contributed by atoms with Crippen molar-refractivity contribution < 1.29 is 38.1 Å². The number of ether oxygens (including phenoxy) is 4. The van der Waals surface area contributed by atoms with Gasteiger partial charge in [0.25, 0.3) is 5.56 Å². The first-order valence-corrected chi connectivity index (χ1v) is 19.3. The van der Waals surface area contributed by atoms with Gasteiger partial charge in [0.05, 0.1) is 35.4 Å². The summed E-state index contributed by atoms with van der Waals surface area (Å²) in [6.07, 6.45) is -0.911. The third-order valence-electron chi connectivity index (χ3n) is 9.23. The van der Waals surface area contributed by atoms with Crippen LogP contribution in [0.25, 0.3) is 22.3 Å². The molecule has 13 heteroatoms. The number of alkyl carbamates (subject to hydrolysis) is 1. The van der Waals surface area contributed by atoms with Gasteiger partial charge >= 0.3 is 24.0 Å². The maximum Gasteiger partial charge on any atom is 0.407 e. The van der Waals surface area contributed by atoms with Gasteiger partial charge in [-0.3, -0.25) is 14.4 Å². The summed E-state index contributed by atoms with van der Waals surface area (Å²) in [5.41, 5.74) is -0.472. The Labute approximate surface area is 280 Å². The fourth-order valence-electron chi connectivity index (χ4n) is 6.07. The molecular weight excluding hydrogens is 634 g/mol. The Morgan fingerprint density at radius 1 is 1.15 bits per heavy atom. The summed E-state index contributed by atoms with van der Waals surface area (Å²) in [7, 11) is -2.46. The number of nitrogens with zero attached hydrogens (tertiary/aromatic N) is 2. The van der Waals surface area contributed by atoms with E-state index in [4.69, 9.17) is 23.9 Å². The molecule has 2 aliphatic heterocycles. The second kappa shape index (κ2) is 12.5. The van der Waals surface area contributed by atoms with E-state index in [1.807, 2.05) is 6.07 Å². The Morgan fingerprint density at radius 3 is 2.48 bits per heavy atom. The highest BCUT2D eigenvalue weighted by atomic mass is 28.3. The predicted molar refractivity (Wildman–Crippen MR) is 180 cm³/mol. The first kappa shape index (κ1) is 34.8. The number of hydrogen-bond acceptors (Lipinski definition) is 10. The smallest absolute Gasteiger partial charge is 0.407 e. The van der Waals surface area contributed by atoms with Crippen LogP contribution in [-0.2, 0) is 40.7 Å². The van der Waals surface area contributed by atoms with Gasteiger partial charge in [0.2, 0.25) is 5.60 Å². The van der Waals surface area contributed by atoms with E-state index < -0.39 is 49.0 Å². The molecule has 0 saturated carbocycles. The molecule has 2 unspecified atom stereocenters. The molecule has 0 bridgehead atoms. The van der Waals surface area contributed by atoms with Crippen molar-refractivity contribution in [2.24, 2.45) is 0 Å².